The van der Waals surface area contributed by atoms with Gasteiger partial charge >= 0.3 is 0 Å². The van der Waals surface area contributed by atoms with Crippen LogP contribution in [0.2, 0.25) is 0 Å². The molecule has 0 fully saturated rings. The Labute approximate surface area is 88.8 Å². The molecule has 0 aliphatic carbocycles. The molecule has 0 unspecified atom stereocenters. The van der Waals surface area contributed by atoms with E-state index in [2.05, 4.69) is 15.3 Å². The number of hydrogen-bond donors (Lipinski definition) is 1. The maximum atomic E-state index is 4.35. The van der Waals surface area contributed by atoms with E-state index in [0.29, 0.717) is 6.54 Å². The van der Waals surface area contributed by atoms with Gasteiger partial charge in [-0.15, -0.1) is 0 Å². The van der Waals surface area contributed by atoms with Crippen LogP contribution in [0.4, 0.5) is 5.95 Å². The van der Waals surface area contributed by atoms with Gasteiger partial charge in [0.25, 0.3) is 0 Å². The normalized spacial score (nSPS) is 10.6. The second-order valence-corrected chi connectivity index (χ2v) is 3.62. The number of hydrogen-bond acceptors (Lipinski definition) is 3. The van der Waals surface area contributed by atoms with Gasteiger partial charge in [0, 0.05) is 32.7 Å². The molecule has 15 heavy (non-hydrogen) atoms. The minimum absolute atomic E-state index is 0.688. The first kappa shape index (κ1) is 9.76. The number of aromatic nitrogens is 4. The van der Waals surface area contributed by atoms with Crippen LogP contribution in [0.25, 0.3) is 0 Å². The number of nitrogens with zero attached hydrogens (tertiary/aromatic N) is 4. The monoisotopic (exact) mass is 205 g/mol. The van der Waals surface area contributed by atoms with Gasteiger partial charge in [0.15, 0.2) is 0 Å². The van der Waals surface area contributed by atoms with Gasteiger partial charge in [-0.25, -0.2) is 9.97 Å². The van der Waals surface area contributed by atoms with Crippen LogP contribution in [-0.2, 0) is 20.6 Å². The minimum atomic E-state index is 0.688. The summed E-state index contributed by atoms with van der Waals surface area (Å²) in [5.74, 6) is 1.87. The summed E-state index contributed by atoms with van der Waals surface area (Å²) in [5.41, 5.74) is 1.01. The molecule has 0 spiro atoms. The summed E-state index contributed by atoms with van der Waals surface area (Å²) in [5, 5.41) is 3.25. The first-order valence-corrected chi connectivity index (χ1v) is 4.87. The lowest BCUT2D eigenvalue weighted by Gasteiger charge is -2.05. The molecule has 80 valence electrons. The minimum Gasteiger partial charge on any atom is -0.348 e. The average molecular weight is 205 g/mol. The van der Waals surface area contributed by atoms with Gasteiger partial charge in [0.2, 0.25) is 5.95 Å². The zero-order chi connectivity index (χ0) is 10.8. The van der Waals surface area contributed by atoms with Crippen molar-refractivity contribution < 1.29 is 0 Å². The van der Waals surface area contributed by atoms with E-state index in [-0.39, 0.29) is 0 Å². The van der Waals surface area contributed by atoms with E-state index in [1.54, 1.807) is 6.20 Å². The molecule has 2 rings (SSSR count). The lowest BCUT2D eigenvalue weighted by atomic mass is 10.6. The highest BCUT2D eigenvalue weighted by molar-refractivity contribution is 5.28. The van der Waals surface area contributed by atoms with Crippen molar-refractivity contribution in [3.63, 3.8) is 0 Å². The Balaban J connectivity index is 2.05. The molecule has 0 saturated heterocycles. The lowest BCUT2D eigenvalue weighted by Crippen LogP contribution is -2.08. The van der Waals surface area contributed by atoms with E-state index >= 15 is 0 Å². The molecular formula is C10H15N5. The van der Waals surface area contributed by atoms with E-state index in [0.717, 1.165) is 17.5 Å². The summed E-state index contributed by atoms with van der Waals surface area (Å²) < 4.78 is 3.96. The van der Waals surface area contributed by atoms with Crippen LogP contribution in [0.3, 0.4) is 0 Å². The second-order valence-electron chi connectivity index (χ2n) is 3.62. The van der Waals surface area contributed by atoms with E-state index < -0.39 is 0 Å². The number of anilines is 1. The fourth-order valence-corrected chi connectivity index (χ4v) is 1.51. The third-order valence-corrected chi connectivity index (χ3v) is 2.32. The van der Waals surface area contributed by atoms with Gasteiger partial charge in [0.05, 0.1) is 12.2 Å². The Morgan fingerprint density at radius 1 is 1.33 bits per heavy atom. The van der Waals surface area contributed by atoms with Crippen LogP contribution in [-0.4, -0.2) is 19.1 Å². The molecule has 5 nitrogen and oxygen atoms in total. The standard InChI is InChI=1S/C10H15N5/c1-8-7-15(3)10(13-8)12-6-9-11-4-5-14(9)2/h4-5,7H,6H2,1-3H3,(H,12,13). The van der Waals surface area contributed by atoms with Crippen molar-refractivity contribution in [2.45, 2.75) is 13.5 Å². The summed E-state index contributed by atoms with van der Waals surface area (Å²) in [6, 6.07) is 0. The predicted molar refractivity (Wildman–Crippen MR) is 58.5 cm³/mol. The number of aryl methyl sites for hydroxylation is 3. The molecule has 0 amide bonds. The van der Waals surface area contributed by atoms with Gasteiger partial charge in [-0.05, 0) is 6.92 Å². The van der Waals surface area contributed by atoms with Crippen molar-refractivity contribution in [3.8, 4) is 0 Å². The molecule has 0 bridgehead atoms. The van der Waals surface area contributed by atoms with Gasteiger partial charge in [0.1, 0.15) is 5.82 Å². The van der Waals surface area contributed by atoms with Crippen molar-refractivity contribution in [1.82, 2.24) is 19.1 Å². The van der Waals surface area contributed by atoms with Crippen LogP contribution in [0, 0.1) is 6.92 Å². The second kappa shape index (κ2) is 3.76. The number of rotatable bonds is 3. The molecule has 0 aliphatic rings. The molecule has 0 atom stereocenters. The fraction of sp³-hybridized carbons (Fsp3) is 0.400. The maximum absolute atomic E-state index is 4.35. The zero-order valence-electron chi connectivity index (χ0n) is 9.23. The van der Waals surface area contributed by atoms with Crippen molar-refractivity contribution in [3.05, 3.63) is 30.1 Å². The van der Waals surface area contributed by atoms with Crippen molar-refractivity contribution in [2.24, 2.45) is 14.1 Å². The fourth-order valence-electron chi connectivity index (χ4n) is 1.51. The van der Waals surface area contributed by atoms with Crippen LogP contribution < -0.4 is 5.32 Å². The quantitative estimate of drug-likeness (QED) is 0.815. The van der Waals surface area contributed by atoms with Crippen molar-refractivity contribution >= 4 is 5.95 Å². The largest absolute Gasteiger partial charge is 0.348 e. The molecule has 0 aliphatic heterocycles. The van der Waals surface area contributed by atoms with Crippen LogP contribution in [0.15, 0.2) is 18.6 Å². The first-order chi connectivity index (χ1) is 7.16. The molecule has 0 saturated carbocycles. The Morgan fingerprint density at radius 3 is 2.67 bits per heavy atom. The van der Waals surface area contributed by atoms with Crippen molar-refractivity contribution in [2.75, 3.05) is 5.32 Å². The van der Waals surface area contributed by atoms with Crippen molar-refractivity contribution in [1.29, 1.82) is 0 Å². The summed E-state index contributed by atoms with van der Waals surface area (Å²) >= 11 is 0. The summed E-state index contributed by atoms with van der Waals surface area (Å²) in [7, 11) is 3.95. The number of imidazole rings is 2. The molecule has 0 radical (unpaired) electrons. The van der Waals surface area contributed by atoms with E-state index in [1.165, 1.54) is 0 Å². The topological polar surface area (TPSA) is 47.7 Å². The molecule has 0 aromatic carbocycles. The molecule has 2 aromatic rings. The Morgan fingerprint density at radius 2 is 2.13 bits per heavy atom. The third kappa shape index (κ3) is 2.01. The van der Waals surface area contributed by atoms with Crippen LogP contribution in [0.5, 0.6) is 0 Å². The Hall–Kier alpha value is -1.78. The lowest BCUT2D eigenvalue weighted by molar-refractivity contribution is 0.799. The summed E-state index contributed by atoms with van der Waals surface area (Å²) in [6.45, 7) is 2.67. The van der Waals surface area contributed by atoms with E-state index in [9.17, 15) is 0 Å². The molecular weight excluding hydrogens is 190 g/mol. The van der Waals surface area contributed by atoms with Crippen LogP contribution in [0.1, 0.15) is 11.5 Å². The van der Waals surface area contributed by atoms with E-state index in [1.807, 2.05) is 42.5 Å². The number of nitrogens with one attached hydrogen (secondary N) is 1. The van der Waals surface area contributed by atoms with E-state index in [4.69, 9.17) is 0 Å². The summed E-state index contributed by atoms with van der Waals surface area (Å²) in [6.07, 6.45) is 5.71. The smallest absolute Gasteiger partial charge is 0.203 e. The Kier molecular flexibility index (Phi) is 2.45. The highest BCUT2D eigenvalue weighted by Crippen LogP contribution is 2.07. The Bertz CT molecular complexity index is 454. The SMILES string of the molecule is Cc1cn(C)c(NCc2nccn2C)n1. The molecule has 5 heteroatoms. The third-order valence-electron chi connectivity index (χ3n) is 2.32. The highest BCUT2D eigenvalue weighted by Gasteiger charge is 2.03. The first-order valence-electron chi connectivity index (χ1n) is 4.87. The molecule has 2 aromatic heterocycles. The zero-order valence-corrected chi connectivity index (χ0v) is 9.23. The maximum Gasteiger partial charge on any atom is 0.203 e. The predicted octanol–water partition coefficient (Wildman–Crippen LogP) is 1.07. The van der Waals surface area contributed by atoms with Gasteiger partial charge < -0.3 is 14.5 Å². The van der Waals surface area contributed by atoms with Crippen LogP contribution >= 0.6 is 0 Å². The summed E-state index contributed by atoms with van der Waals surface area (Å²) in [4.78, 5) is 8.58. The van der Waals surface area contributed by atoms with Gasteiger partial charge in [-0.1, -0.05) is 0 Å². The highest BCUT2D eigenvalue weighted by atomic mass is 15.2. The molecule has 1 N–H and O–H groups in total. The van der Waals surface area contributed by atoms with Gasteiger partial charge in [-0.3, -0.25) is 0 Å². The van der Waals surface area contributed by atoms with Gasteiger partial charge in [-0.2, -0.15) is 0 Å². The average Bonchev–Trinajstić information content (AvgIpc) is 2.70. The molecule has 2 heterocycles.